The number of nitrogens with zero attached hydrogens (tertiary/aromatic N) is 2. The van der Waals surface area contributed by atoms with Gasteiger partial charge in [0.25, 0.3) is 20.2 Å². The fourth-order valence-electron chi connectivity index (χ4n) is 2.78. The van der Waals surface area contributed by atoms with Gasteiger partial charge in [-0.2, -0.15) is 16.8 Å². The molecule has 0 aliphatic rings. The second-order valence-electron chi connectivity index (χ2n) is 9.03. The lowest BCUT2D eigenvalue weighted by Crippen LogP contribution is -2.31. The van der Waals surface area contributed by atoms with E-state index >= 15 is 0 Å². The van der Waals surface area contributed by atoms with Crippen molar-refractivity contribution in [2.24, 2.45) is 0 Å². The number of hydroxylamine groups is 2. The van der Waals surface area contributed by atoms with Crippen molar-refractivity contribution >= 4 is 42.8 Å². The standard InChI is InChI=1S/C12H17NO4S.C10H13NO7S2/c1-9-5-6-10(8-13(14)12(2,3)4)11(7-9)18(15,16)17;1-11(12)6-9-4-3-8(7-19(13,14)15)5-10(9)20(16,17)18-2/h5-8H,1-4H3,(H-,14,15,16,17);3-6H,7H2,1-2H3,(H,13,14,15). The molecule has 16 heteroatoms. The van der Waals surface area contributed by atoms with Crippen LogP contribution in [0.5, 0.6) is 0 Å². The highest BCUT2D eigenvalue weighted by Crippen LogP contribution is 2.20. The van der Waals surface area contributed by atoms with E-state index in [9.17, 15) is 40.2 Å². The Hall–Kier alpha value is -2.89. The minimum Gasteiger partial charge on any atom is -0.744 e. The maximum Gasteiger partial charge on any atom is 0.297 e. The van der Waals surface area contributed by atoms with Crippen LogP contribution in [0.15, 0.2) is 46.2 Å². The van der Waals surface area contributed by atoms with Crippen molar-refractivity contribution in [2.75, 3.05) is 14.2 Å². The van der Waals surface area contributed by atoms with Gasteiger partial charge < -0.3 is 9.76 Å². The van der Waals surface area contributed by atoms with Gasteiger partial charge in [0.2, 0.25) is 11.8 Å². The zero-order chi connectivity index (χ0) is 29.7. The molecule has 212 valence electrons. The Labute approximate surface area is 222 Å². The van der Waals surface area contributed by atoms with Crippen molar-refractivity contribution in [1.29, 1.82) is 0 Å². The SMILES string of the molecule is COS(=O)(=O)c1cc(CS(=O)(=O)O)ccc1C=[N+](C)[O-].Cc1ccc(C=[N+](O)C(C)(C)C)c(S(=O)(=O)[O-])c1. The Morgan fingerprint density at radius 1 is 0.947 bits per heavy atom. The lowest BCUT2D eigenvalue weighted by Gasteiger charge is -2.12. The van der Waals surface area contributed by atoms with Gasteiger partial charge in [0, 0.05) is 20.8 Å². The average Bonchev–Trinajstić information content (AvgIpc) is 2.73. The highest BCUT2D eigenvalue weighted by molar-refractivity contribution is 7.87. The minimum absolute atomic E-state index is 0.0448. The zero-order valence-corrected chi connectivity index (χ0v) is 24.0. The molecule has 0 heterocycles. The molecule has 0 amide bonds. The molecule has 0 radical (unpaired) electrons. The quantitative estimate of drug-likeness (QED) is 0.0893. The molecule has 38 heavy (non-hydrogen) atoms. The van der Waals surface area contributed by atoms with Gasteiger partial charge in [-0.25, -0.2) is 13.2 Å². The summed E-state index contributed by atoms with van der Waals surface area (Å²) in [6, 6.07) is 8.04. The third kappa shape index (κ3) is 10.5. The van der Waals surface area contributed by atoms with Crippen molar-refractivity contribution in [3.8, 4) is 0 Å². The second kappa shape index (κ2) is 12.3. The molecule has 2 aromatic rings. The van der Waals surface area contributed by atoms with Gasteiger partial charge in [-0.3, -0.25) is 13.9 Å². The van der Waals surface area contributed by atoms with E-state index in [1.807, 2.05) is 0 Å². The number of hydrogen-bond acceptors (Lipinski definition) is 10. The molecule has 0 aliphatic carbocycles. The first-order valence-electron chi connectivity index (χ1n) is 10.6. The fourth-order valence-corrected chi connectivity index (χ4v) is 5.00. The highest BCUT2D eigenvalue weighted by atomic mass is 32.2. The van der Waals surface area contributed by atoms with Crippen LogP contribution in [0.25, 0.3) is 0 Å². The normalized spacial score (nSPS) is 13.6. The molecule has 2 aromatic carbocycles. The summed E-state index contributed by atoms with van der Waals surface area (Å²) < 4.78 is 93.0. The summed E-state index contributed by atoms with van der Waals surface area (Å²) in [6.45, 7) is 6.95. The third-order valence-electron chi connectivity index (χ3n) is 4.62. The number of hydrogen-bond donors (Lipinski definition) is 2. The molecule has 0 bridgehead atoms. The molecule has 0 unspecified atom stereocenters. The Kier molecular flexibility index (Phi) is 10.7. The van der Waals surface area contributed by atoms with Gasteiger partial charge in [-0.1, -0.05) is 12.1 Å². The van der Waals surface area contributed by atoms with Crippen LogP contribution in [-0.4, -0.2) is 81.2 Å². The largest absolute Gasteiger partial charge is 0.744 e. The van der Waals surface area contributed by atoms with Gasteiger partial charge in [0.05, 0.1) is 23.1 Å². The highest BCUT2D eigenvalue weighted by Gasteiger charge is 2.25. The first kappa shape index (κ1) is 33.1. The van der Waals surface area contributed by atoms with E-state index in [0.717, 1.165) is 31.2 Å². The molecule has 0 saturated heterocycles. The Morgan fingerprint density at radius 2 is 1.47 bits per heavy atom. The van der Waals surface area contributed by atoms with Crippen LogP contribution < -0.4 is 0 Å². The van der Waals surface area contributed by atoms with E-state index in [4.69, 9.17) is 4.55 Å². The van der Waals surface area contributed by atoms with Crippen molar-refractivity contribution < 1.29 is 53.2 Å². The summed E-state index contributed by atoms with van der Waals surface area (Å²) in [5, 5.41) is 20.8. The molecule has 0 atom stereocenters. The molecule has 2 rings (SSSR count). The van der Waals surface area contributed by atoms with Crippen molar-refractivity contribution in [3.05, 3.63) is 63.9 Å². The predicted octanol–water partition coefficient (Wildman–Crippen LogP) is 1.49. The zero-order valence-electron chi connectivity index (χ0n) is 21.5. The van der Waals surface area contributed by atoms with Crippen LogP contribution in [0, 0.1) is 12.1 Å². The van der Waals surface area contributed by atoms with Gasteiger partial charge in [0.15, 0.2) is 6.21 Å². The molecular formula is C22H30N2O11S3. The van der Waals surface area contributed by atoms with Crippen LogP contribution in [0.2, 0.25) is 0 Å². The molecule has 0 aromatic heterocycles. The number of rotatable bonds is 7. The van der Waals surface area contributed by atoms with Gasteiger partial charge in [0.1, 0.15) is 27.8 Å². The topological polar surface area (TPSA) is 204 Å². The molecule has 0 saturated carbocycles. The molecule has 0 fully saturated rings. The Bertz CT molecular complexity index is 1550. The van der Waals surface area contributed by atoms with E-state index < -0.39 is 41.6 Å². The third-order valence-corrected chi connectivity index (χ3v) is 7.55. The average molecular weight is 595 g/mol. The van der Waals surface area contributed by atoms with E-state index in [2.05, 4.69) is 4.18 Å². The smallest absolute Gasteiger partial charge is 0.297 e. The first-order chi connectivity index (χ1) is 17.1. The van der Waals surface area contributed by atoms with E-state index in [1.54, 1.807) is 33.8 Å². The monoisotopic (exact) mass is 594 g/mol. The van der Waals surface area contributed by atoms with E-state index in [1.165, 1.54) is 30.5 Å². The second-order valence-corrected chi connectivity index (χ2v) is 13.5. The van der Waals surface area contributed by atoms with Gasteiger partial charge in [-0.15, -0.1) is 0 Å². The van der Waals surface area contributed by atoms with Crippen molar-refractivity contribution in [1.82, 2.24) is 0 Å². The van der Waals surface area contributed by atoms with Crippen LogP contribution >= 0.6 is 0 Å². The maximum atomic E-state index is 11.7. The Morgan fingerprint density at radius 3 is 1.92 bits per heavy atom. The maximum absolute atomic E-state index is 11.7. The minimum atomic E-state index is -4.57. The van der Waals surface area contributed by atoms with E-state index in [-0.39, 0.29) is 26.5 Å². The summed E-state index contributed by atoms with van der Waals surface area (Å²) in [5.41, 5.74) is 0.349. The number of aryl methyl sites for hydroxylation is 1. The van der Waals surface area contributed by atoms with E-state index in [0.29, 0.717) is 10.3 Å². The van der Waals surface area contributed by atoms with Crippen LogP contribution in [0.1, 0.15) is 43.0 Å². The summed E-state index contributed by atoms with van der Waals surface area (Å²) >= 11 is 0. The lowest BCUT2D eigenvalue weighted by molar-refractivity contribution is -0.816. The summed E-state index contributed by atoms with van der Waals surface area (Å²) in [7, 11) is -10.9. The summed E-state index contributed by atoms with van der Waals surface area (Å²) in [5.74, 6) is -0.743. The molecule has 2 N–H and O–H groups in total. The van der Waals surface area contributed by atoms with Crippen LogP contribution in [0.3, 0.4) is 0 Å². The predicted molar refractivity (Wildman–Crippen MR) is 137 cm³/mol. The molecule has 13 nitrogen and oxygen atoms in total. The van der Waals surface area contributed by atoms with Crippen LogP contribution in [-0.2, 0) is 40.3 Å². The summed E-state index contributed by atoms with van der Waals surface area (Å²) in [4.78, 5) is -0.686. The van der Waals surface area contributed by atoms with Gasteiger partial charge >= 0.3 is 0 Å². The fraction of sp³-hybridized carbons (Fsp3) is 0.364. The number of benzene rings is 2. The molecule has 0 spiro atoms. The van der Waals surface area contributed by atoms with Gasteiger partial charge in [-0.05, 0) is 47.1 Å². The van der Waals surface area contributed by atoms with Crippen LogP contribution in [0.4, 0.5) is 0 Å². The molecular weight excluding hydrogens is 564 g/mol. The molecule has 0 aliphatic heterocycles. The first-order valence-corrected chi connectivity index (χ1v) is 15.0. The van der Waals surface area contributed by atoms with Crippen molar-refractivity contribution in [2.45, 2.75) is 48.8 Å². The lowest BCUT2D eigenvalue weighted by atomic mass is 10.1. The Balaban J connectivity index is 0.000000382. The van der Waals surface area contributed by atoms with Crippen molar-refractivity contribution in [3.63, 3.8) is 0 Å². The summed E-state index contributed by atoms with van der Waals surface area (Å²) in [6.07, 6.45) is 2.24.